The lowest BCUT2D eigenvalue weighted by Gasteiger charge is -2.07. The number of para-hydroxylation sites is 1. The minimum absolute atomic E-state index is 0.0375. The number of benzene rings is 1. The maximum absolute atomic E-state index is 11.1. The summed E-state index contributed by atoms with van der Waals surface area (Å²) < 4.78 is 5.12. The molecule has 0 bridgehead atoms. The maximum Gasteiger partial charge on any atom is 0.163 e. The average Bonchev–Trinajstić information content (AvgIpc) is 2.03. The number of Topliss-reactive ketones (excluding diaryl/α,β-unsaturated/α-hetero) is 1. The molecule has 3 heteroatoms. The van der Waals surface area contributed by atoms with Crippen LogP contribution in [-0.4, -0.2) is 20.7 Å². The van der Waals surface area contributed by atoms with E-state index in [-0.39, 0.29) is 5.78 Å². The van der Waals surface area contributed by atoms with Crippen molar-refractivity contribution >= 4 is 19.1 Å². The molecule has 0 spiro atoms. The quantitative estimate of drug-likeness (QED) is 0.457. The molecule has 0 fully saturated rings. The van der Waals surface area contributed by atoms with Crippen molar-refractivity contribution in [3.8, 4) is 5.75 Å². The first-order valence-corrected chi connectivity index (χ1v) is 3.81. The molecule has 0 unspecified atom stereocenters. The van der Waals surface area contributed by atoms with Crippen molar-refractivity contribution in [1.29, 1.82) is 0 Å². The lowest BCUT2D eigenvalue weighted by Crippen LogP contribution is -2.11. The van der Waals surface area contributed by atoms with Gasteiger partial charge in [0.25, 0.3) is 0 Å². The normalized spacial score (nSPS) is 9.50. The Morgan fingerprint density at radius 3 is 2.58 bits per heavy atom. The van der Waals surface area contributed by atoms with E-state index in [9.17, 15) is 4.79 Å². The first-order valence-electron chi connectivity index (χ1n) is 3.81. The van der Waals surface area contributed by atoms with Crippen LogP contribution in [-0.2, 0) is 0 Å². The molecule has 0 heterocycles. The molecule has 1 aromatic carbocycles. The van der Waals surface area contributed by atoms with Crippen LogP contribution < -0.4 is 10.2 Å². The summed E-state index contributed by atoms with van der Waals surface area (Å²) in [5.41, 5.74) is 1.64. The number of carbonyl (C=O) groups excluding carboxylic acids is 1. The van der Waals surface area contributed by atoms with Gasteiger partial charge in [-0.15, -0.1) is 0 Å². The molecule has 0 saturated carbocycles. The van der Waals surface area contributed by atoms with E-state index in [1.807, 2.05) is 20.0 Å². The molecule has 12 heavy (non-hydrogen) atoms. The van der Waals surface area contributed by atoms with Gasteiger partial charge in [-0.25, -0.2) is 0 Å². The third kappa shape index (κ3) is 1.50. The second kappa shape index (κ2) is 3.43. The van der Waals surface area contributed by atoms with Crippen LogP contribution in [0.5, 0.6) is 5.75 Å². The van der Waals surface area contributed by atoms with Crippen molar-refractivity contribution in [1.82, 2.24) is 0 Å². The van der Waals surface area contributed by atoms with Gasteiger partial charge in [-0.2, -0.15) is 0 Å². The first kappa shape index (κ1) is 8.85. The molecule has 62 valence electrons. The van der Waals surface area contributed by atoms with E-state index in [0.29, 0.717) is 11.3 Å². The van der Waals surface area contributed by atoms with Gasteiger partial charge < -0.3 is 4.74 Å². The minimum Gasteiger partial charge on any atom is -0.497 e. The number of ketones is 1. The number of hydrogen-bond donors (Lipinski definition) is 0. The fourth-order valence-corrected chi connectivity index (χ4v) is 1.20. The van der Waals surface area contributed by atoms with E-state index >= 15 is 0 Å². The van der Waals surface area contributed by atoms with E-state index in [1.54, 1.807) is 13.2 Å². The Labute approximate surface area is 73.0 Å². The molecular weight excluding hydrogens is 151 g/mol. The summed E-state index contributed by atoms with van der Waals surface area (Å²) in [6, 6.07) is 5.55. The van der Waals surface area contributed by atoms with Crippen molar-refractivity contribution in [2.75, 3.05) is 7.11 Å². The highest BCUT2D eigenvalue weighted by atomic mass is 16.5. The SMILES string of the molecule is Bc1cccc(C(C)=O)c1OC. The van der Waals surface area contributed by atoms with E-state index < -0.39 is 0 Å². The van der Waals surface area contributed by atoms with Gasteiger partial charge in [-0.05, 0) is 18.5 Å². The standard InChI is InChI=1S/C9H11BO2/c1-6(11)7-4-3-5-8(10)9(7)12-2/h3-5H,10H2,1-2H3. The van der Waals surface area contributed by atoms with Gasteiger partial charge in [0.15, 0.2) is 5.78 Å². The van der Waals surface area contributed by atoms with Crippen molar-refractivity contribution in [3.05, 3.63) is 23.8 Å². The van der Waals surface area contributed by atoms with E-state index in [2.05, 4.69) is 0 Å². The first-order chi connectivity index (χ1) is 5.66. The third-order valence-electron chi connectivity index (χ3n) is 1.80. The largest absolute Gasteiger partial charge is 0.497 e. The second-order valence-corrected chi connectivity index (χ2v) is 2.71. The van der Waals surface area contributed by atoms with Crippen LogP contribution in [0.4, 0.5) is 0 Å². The highest BCUT2D eigenvalue weighted by Crippen LogP contribution is 2.14. The zero-order valence-electron chi connectivity index (χ0n) is 7.55. The third-order valence-corrected chi connectivity index (χ3v) is 1.80. The summed E-state index contributed by atoms with van der Waals surface area (Å²) in [7, 11) is 3.50. The van der Waals surface area contributed by atoms with Crippen LogP contribution in [0.2, 0.25) is 0 Å². The molecular formula is C9H11BO2. The Balaban J connectivity index is 3.27. The number of rotatable bonds is 2. The monoisotopic (exact) mass is 162 g/mol. The fraction of sp³-hybridized carbons (Fsp3) is 0.222. The molecule has 0 aliphatic heterocycles. The Kier molecular flexibility index (Phi) is 2.53. The van der Waals surface area contributed by atoms with Crippen LogP contribution in [0.25, 0.3) is 0 Å². The fourth-order valence-electron chi connectivity index (χ4n) is 1.20. The van der Waals surface area contributed by atoms with Gasteiger partial charge in [0.2, 0.25) is 0 Å². The molecule has 0 aliphatic carbocycles. The number of ether oxygens (including phenoxy) is 1. The molecule has 0 aliphatic rings. The molecule has 0 amide bonds. The summed E-state index contributed by atoms with van der Waals surface area (Å²) in [4.78, 5) is 11.1. The summed E-state index contributed by atoms with van der Waals surface area (Å²) in [6.07, 6.45) is 0. The molecule has 2 nitrogen and oxygen atoms in total. The maximum atomic E-state index is 11.1. The van der Waals surface area contributed by atoms with E-state index in [0.717, 1.165) is 5.46 Å². The Morgan fingerprint density at radius 2 is 2.17 bits per heavy atom. The van der Waals surface area contributed by atoms with Crippen LogP contribution in [0, 0.1) is 0 Å². The van der Waals surface area contributed by atoms with Gasteiger partial charge in [0.05, 0.1) is 12.7 Å². The number of methoxy groups -OCH3 is 1. The topological polar surface area (TPSA) is 26.3 Å². The van der Waals surface area contributed by atoms with Crippen LogP contribution >= 0.6 is 0 Å². The molecule has 0 aromatic heterocycles. The van der Waals surface area contributed by atoms with Crippen molar-refractivity contribution in [3.63, 3.8) is 0 Å². The van der Waals surface area contributed by atoms with E-state index in [1.165, 1.54) is 6.92 Å². The molecule has 0 saturated heterocycles. The smallest absolute Gasteiger partial charge is 0.163 e. The molecule has 0 atom stereocenters. The van der Waals surface area contributed by atoms with Crippen molar-refractivity contribution in [2.45, 2.75) is 6.92 Å². The summed E-state index contributed by atoms with van der Waals surface area (Å²) in [6.45, 7) is 1.54. The van der Waals surface area contributed by atoms with Crippen molar-refractivity contribution < 1.29 is 9.53 Å². The molecule has 0 radical (unpaired) electrons. The Hall–Kier alpha value is -1.25. The molecule has 1 aromatic rings. The summed E-state index contributed by atoms with van der Waals surface area (Å²) in [5.74, 6) is 0.723. The Bertz CT molecular complexity index is 307. The lowest BCUT2D eigenvalue weighted by atomic mass is 9.92. The minimum atomic E-state index is 0.0375. The van der Waals surface area contributed by atoms with E-state index in [4.69, 9.17) is 4.74 Å². The molecule has 0 N–H and O–H groups in total. The van der Waals surface area contributed by atoms with Crippen molar-refractivity contribution in [2.24, 2.45) is 0 Å². The predicted octanol–water partition coefficient (Wildman–Crippen LogP) is 0.156. The second-order valence-electron chi connectivity index (χ2n) is 2.71. The Morgan fingerprint density at radius 1 is 1.50 bits per heavy atom. The van der Waals surface area contributed by atoms with Crippen LogP contribution in [0.1, 0.15) is 17.3 Å². The van der Waals surface area contributed by atoms with Gasteiger partial charge in [-0.1, -0.05) is 12.1 Å². The summed E-state index contributed by atoms with van der Waals surface area (Å²) in [5, 5.41) is 0. The predicted molar refractivity (Wildman–Crippen MR) is 51.2 cm³/mol. The van der Waals surface area contributed by atoms with Gasteiger partial charge in [-0.3, -0.25) is 4.79 Å². The van der Waals surface area contributed by atoms with Gasteiger partial charge >= 0.3 is 0 Å². The van der Waals surface area contributed by atoms with Crippen LogP contribution in [0.15, 0.2) is 18.2 Å². The highest BCUT2D eigenvalue weighted by Gasteiger charge is 2.08. The summed E-state index contributed by atoms with van der Waals surface area (Å²) >= 11 is 0. The highest BCUT2D eigenvalue weighted by molar-refractivity contribution is 6.35. The van der Waals surface area contributed by atoms with Gasteiger partial charge in [0, 0.05) is 0 Å². The number of carbonyl (C=O) groups is 1. The average molecular weight is 162 g/mol. The zero-order valence-corrected chi connectivity index (χ0v) is 7.55. The van der Waals surface area contributed by atoms with Gasteiger partial charge in [0.1, 0.15) is 13.6 Å². The zero-order chi connectivity index (χ0) is 9.14. The number of hydrogen-bond acceptors (Lipinski definition) is 2. The van der Waals surface area contributed by atoms with Crippen LogP contribution in [0.3, 0.4) is 0 Å². The lowest BCUT2D eigenvalue weighted by molar-refractivity contribution is 0.101. The molecule has 1 rings (SSSR count).